The van der Waals surface area contributed by atoms with Gasteiger partial charge in [-0.1, -0.05) is 51.0 Å². The van der Waals surface area contributed by atoms with Gasteiger partial charge < -0.3 is 14.5 Å². The second-order valence-electron chi connectivity index (χ2n) is 4.88. The van der Waals surface area contributed by atoms with Crippen molar-refractivity contribution in [2.24, 2.45) is 0 Å². The van der Waals surface area contributed by atoms with Gasteiger partial charge >= 0.3 is 0 Å². The Morgan fingerprint density at radius 1 is 1.05 bits per heavy atom. The van der Waals surface area contributed by atoms with Gasteiger partial charge in [0.1, 0.15) is 7.14 Å². The van der Waals surface area contributed by atoms with Crippen molar-refractivity contribution in [1.82, 2.24) is 0 Å². The third-order valence-electron chi connectivity index (χ3n) is 3.32. The fourth-order valence-electron chi connectivity index (χ4n) is 2.07. The van der Waals surface area contributed by atoms with Crippen molar-refractivity contribution < 1.29 is 14.5 Å². The predicted octanol–water partition coefficient (Wildman–Crippen LogP) is 2.64. The summed E-state index contributed by atoms with van der Waals surface area (Å²) in [7, 11) is -2.37. The SMILES string of the molecule is CCCCP(=O)(CCCC)c1ccc(C(=O)[O-])cc1. The number of aromatic carboxylic acids is 1. The summed E-state index contributed by atoms with van der Waals surface area (Å²) in [6, 6.07) is 6.37. The number of carbonyl (C=O) groups is 1. The van der Waals surface area contributed by atoms with Crippen LogP contribution in [0.5, 0.6) is 0 Å². The summed E-state index contributed by atoms with van der Waals surface area (Å²) in [5.74, 6) is -1.19. The topological polar surface area (TPSA) is 57.2 Å². The number of hydrogen-bond donors (Lipinski definition) is 0. The number of carboxylic acids is 1. The van der Waals surface area contributed by atoms with Gasteiger partial charge in [-0.15, -0.1) is 0 Å². The maximum Gasteiger partial charge on any atom is 0.115 e. The highest BCUT2D eigenvalue weighted by atomic mass is 31.2. The number of unbranched alkanes of at least 4 members (excludes halogenated alkanes) is 2. The van der Waals surface area contributed by atoms with Gasteiger partial charge in [-0.3, -0.25) is 0 Å². The predicted molar refractivity (Wildman–Crippen MR) is 77.6 cm³/mol. The first-order valence-electron chi connectivity index (χ1n) is 6.93. The number of benzene rings is 1. The van der Waals surface area contributed by atoms with Gasteiger partial charge in [-0.05, 0) is 18.4 Å². The molecule has 0 spiro atoms. The van der Waals surface area contributed by atoms with E-state index in [1.54, 1.807) is 12.1 Å². The highest BCUT2D eigenvalue weighted by Gasteiger charge is 2.23. The van der Waals surface area contributed by atoms with Crippen LogP contribution >= 0.6 is 7.14 Å². The van der Waals surface area contributed by atoms with Gasteiger partial charge in [0.15, 0.2) is 0 Å². The molecule has 0 N–H and O–H groups in total. The van der Waals surface area contributed by atoms with Crippen LogP contribution in [0.1, 0.15) is 49.9 Å². The first kappa shape index (κ1) is 16.0. The van der Waals surface area contributed by atoms with Crippen molar-refractivity contribution in [3.8, 4) is 0 Å². The molecule has 0 fully saturated rings. The van der Waals surface area contributed by atoms with Crippen molar-refractivity contribution in [3.05, 3.63) is 29.8 Å². The molecule has 0 radical (unpaired) electrons. The van der Waals surface area contributed by atoms with Gasteiger partial charge in [-0.25, -0.2) is 0 Å². The minimum Gasteiger partial charge on any atom is -0.545 e. The van der Waals surface area contributed by atoms with Crippen molar-refractivity contribution >= 4 is 18.4 Å². The first-order valence-corrected chi connectivity index (χ1v) is 9.01. The first-order chi connectivity index (χ1) is 9.03. The summed E-state index contributed by atoms with van der Waals surface area (Å²) in [4.78, 5) is 10.7. The molecule has 4 heteroatoms. The zero-order valence-electron chi connectivity index (χ0n) is 11.7. The average Bonchev–Trinajstić information content (AvgIpc) is 2.43. The van der Waals surface area contributed by atoms with Gasteiger partial charge in [0.2, 0.25) is 0 Å². The summed E-state index contributed by atoms with van der Waals surface area (Å²) in [6.45, 7) is 4.17. The Bertz CT molecular complexity index is 439. The quantitative estimate of drug-likeness (QED) is 0.688. The Hall–Kier alpha value is -1.08. The Labute approximate surface area is 115 Å². The van der Waals surface area contributed by atoms with Crippen molar-refractivity contribution in [3.63, 3.8) is 0 Å². The molecule has 0 amide bonds. The molecule has 1 aromatic rings. The molecule has 0 saturated heterocycles. The summed E-state index contributed by atoms with van der Waals surface area (Å²) < 4.78 is 13.1. The zero-order valence-corrected chi connectivity index (χ0v) is 12.6. The molecule has 0 unspecified atom stereocenters. The molecule has 0 aliphatic rings. The maximum atomic E-state index is 13.1. The van der Waals surface area contributed by atoms with Crippen LogP contribution in [0.25, 0.3) is 0 Å². The number of carboxylic acid groups (broad SMARTS) is 1. The fourth-order valence-corrected chi connectivity index (χ4v) is 5.15. The Balaban J connectivity index is 2.96. The van der Waals surface area contributed by atoms with Gasteiger partial charge in [-0.2, -0.15) is 0 Å². The van der Waals surface area contributed by atoms with Crippen LogP contribution in [-0.4, -0.2) is 18.3 Å². The summed E-state index contributed by atoms with van der Waals surface area (Å²) in [6.07, 6.45) is 5.37. The van der Waals surface area contributed by atoms with Crippen molar-refractivity contribution in [1.29, 1.82) is 0 Å². The highest BCUT2D eigenvalue weighted by Crippen LogP contribution is 2.46. The van der Waals surface area contributed by atoms with Crippen LogP contribution in [-0.2, 0) is 4.57 Å². The van der Waals surface area contributed by atoms with Gasteiger partial charge in [0.25, 0.3) is 0 Å². The second-order valence-corrected chi connectivity index (χ2v) is 8.07. The molecule has 1 rings (SSSR count). The molecule has 0 aromatic heterocycles. The van der Waals surface area contributed by atoms with E-state index in [0.29, 0.717) is 12.3 Å². The van der Waals surface area contributed by atoms with Crippen LogP contribution in [0.4, 0.5) is 0 Å². The lowest BCUT2D eigenvalue weighted by Crippen LogP contribution is -2.23. The Kier molecular flexibility index (Phi) is 6.30. The third kappa shape index (κ3) is 4.50. The zero-order chi connectivity index (χ0) is 14.3. The molecule has 0 aliphatic carbocycles. The van der Waals surface area contributed by atoms with Crippen LogP contribution in [0, 0.1) is 0 Å². The molecular formula is C15H22O3P-. The van der Waals surface area contributed by atoms with Gasteiger partial charge in [0.05, 0.1) is 5.97 Å². The fraction of sp³-hybridized carbons (Fsp3) is 0.533. The van der Waals surface area contributed by atoms with E-state index in [0.717, 1.165) is 31.0 Å². The van der Waals surface area contributed by atoms with E-state index in [-0.39, 0.29) is 5.56 Å². The molecule has 0 saturated carbocycles. The highest BCUT2D eigenvalue weighted by molar-refractivity contribution is 7.71. The molecule has 106 valence electrons. The van der Waals surface area contributed by atoms with E-state index < -0.39 is 13.1 Å². The lowest BCUT2D eigenvalue weighted by Gasteiger charge is -2.19. The van der Waals surface area contributed by atoms with Crippen LogP contribution in [0.15, 0.2) is 24.3 Å². The average molecular weight is 281 g/mol. The monoisotopic (exact) mass is 281 g/mol. The summed E-state index contributed by atoms with van der Waals surface area (Å²) in [5.41, 5.74) is 0.140. The van der Waals surface area contributed by atoms with E-state index in [9.17, 15) is 14.5 Å². The van der Waals surface area contributed by atoms with Crippen LogP contribution in [0.2, 0.25) is 0 Å². The van der Waals surface area contributed by atoms with Crippen molar-refractivity contribution in [2.45, 2.75) is 39.5 Å². The van der Waals surface area contributed by atoms with E-state index in [1.807, 2.05) is 0 Å². The Morgan fingerprint density at radius 2 is 1.53 bits per heavy atom. The van der Waals surface area contributed by atoms with Crippen LogP contribution in [0.3, 0.4) is 0 Å². The summed E-state index contributed by atoms with van der Waals surface area (Å²) >= 11 is 0. The smallest absolute Gasteiger partial charge is 0.115 e. The largest absolute Gasteiger partial charge is 0.545 e. The molecule has 0 aliphatic heterocycles. The van der Waals surface area contributed by atoms with E-state index >= 15 is 0 Å². The lowest BCUT2D eigenvalue weighted by molar-refractivity contribution is -0.255. The lowest BCUT2D eigenvalue weighted by atomic mass is 10.2. The van der Waals surface area contributed by atoms with Crippen molar-refractivity contribution in [2.75, 3.05) is 12.3 Å². The minimum atomic E-state index is -2.37. The van der Waals surface area contributed by atoms with Gasteiger partial charge in [0, 0.05) is 17.6 Å². The minimum absolute atomic E-state index is 0.140. The normalized spacial score (nSPS) is 11.5. The molecular weight excluding hydrogens is 259 g/mol. The number of hydrogen-bond acceptors (Lipinski definition) is 3. The molecule has 19 heavy (non-hydrogen) atoms. The molecule has 0 bridgehead atoms. The van der Waals surface area contributed by atoms with E-state index in [2.05, 4.69) is 13.8 Å². The standard InChI is InChI=1S/C15H23O3P/c1-3-5-11-19(18,12-6-4-2)14-9-7-13(8-10-14)15(16)17/h7-10H,3-6,11-12H2,1-2H3,(H,16,17)/p-1. The summed E-state index contributed by atoms with van der Waals surface area (Å²) in [5, 5.41) is 11.5. The van der Waals surface area contributed by atoms with E-state index in [1.165, 1.54) is 12.1 Å². The maximum absolute atomic E-state index is 13.1. The van der Waals surface area contributed by atoms with E-state index in [4.69, 9.17) is 0 Å². The molecule has 0 heterocycles. The molecule has 0 atom stereocenters. The molecule has 1 aromatic carbocycles. The second kappa shape index (κ2) is 7.49. The molecule has 3 nitrogen and oxygen atoms in total. The van der Waals surface area contributed by atoms with Crippen LogP contribution < -0.4 is 10.4 Å². The number of rotatable bonds is 8. The third-order valence-corrected chi connectivity index (χ3v) is 6.64. The number of carbonyl (C=O) groups excluding carboxylic acids is 1. The Morgan fingerprint density at radius 3 is 1.89 bits per heavy atom.